The molecule has 0 radical (unpaired) electrons. The maximum absolute atomic E-state index is 12.9. The Balaban J connectivity index is 1.64. The molecule has 0 atom stereocenters. The summed E-state index contributed by atoms with van der Waals surface area (Å²) in [6.07, 6.45) is 3.41. The number of thiazole rings is 1. The van der Waals surface area contributed by atoms with Crippen LogP contribution in [0.15, 0.2) is 6.20 Å². The molecular formula is C16H22ClN3O3S. The molecule has 2 fully saturated rings. The van der Waals surface area contributed by atoms with E-state index in [1.54, 1.807) is 16.0 Å². The minimum atomic E-state index is -0.504. The lowest BCUT2D eigenvalue weighted by Crippen LogP contribution is -2.48. The monoisotopic (exact) mass is 371 g/mol. The van der Waals surface area contributed by atoms with Gasteiger partial charge in [0.15, 0.2) is 5.13 Å². The molecule has 6 nitrogen and oxygen atoms in total. The van der Waals surface area contributed by atoms with Crippen molar-refractivity contribution in [1.29, 1.82) is 0 Å². The first-order chi connectivity index (χ1) is 11.2. The molecule has 24 heavy (non-hydrogen) atoms. The van der Waals surface area contributed by atoms with Gasteiger partial charge in [0.1, 0.15) is 9.94 Å². The molecular weight excluding hydrogens is 350 g/mol. The highest BCUT2D eigenvalue weighted by Gasteiger charge is 2.50. The van der Waals surface area contributed by atoms with Crippen LogP contribution in [0.5, 0.6) is 0 Å². The van der Waals surface area contributed by atoms with Gasteiger partial charge in [0.25, 0.3) is 0 Å². The first-order valence-corrected chi connectivity index (χ1v) is 9.31. The predicted octanol–water partition coefficient (Wildman–Crippen LogP) is 3.55. The van der Waals surface area contributed by atoms with E-state index in [1.165, 1.54) is 11.3 Å². The summed E-state index contributed by atoms with van der Waals surface area (Å²) in [6.45, 7) is 7.32. The molecule has 0 unspecified atom stereocenters. The van der Waals surface area contributed by atoms with Crippen LogP contribution in [0, 0.1) is 5.41 Å². The fraction of sp³-hybridized carbons (Fsp3) is 0.688. The maximum atomic E-state index is 12.9. The molecule has 0 bridgehead atoms. The topological polar surface area (TPSA) is 62.7 Å². The molecule has 8 heteroatoms. The van der Waals surface area contributed by atoms with Crippen LogP contribution in [-0.2, 0) is 9.53 Å². The van der Waals surface area contributed by atoms with Gasteiger partial charge in [0.2, 0.25) is 5.91 Å². The first-order valence-electron chi connectivity index (χ1n) is 8.11. The van der Waals surface area contributed by atoms with E-state index in [0.29, 0.717) is 41.9 Å². The number of halogens is 1. The second kappa shape index (κ2) is 6.19. The standard InChI is InChI=1S/C16H22ClN3O3S/c1-15(2,3)23-14(22)19-7-4-16(5-8-19)6-9-20(12(16)21)13-18-10-11(17)24-13/h10H,4-9H2,1-3H3. The van der Waals surface area contributed by atoms with Crippen molar-refractivity contribution in [3.63, 3.8) is 0 Å². The average Bonchev–Trinajstić information content (AvgIpc) is 3.04. The van der Waals surface area contributed by atoms with E-state index in [4.69, 9.17) is 16.3 Å². The third-order valence-electron chi connectivity index (χ3n) is 4.58. The second-order valence-corrected chi connectivity index (χ2v) is 9.04. The van der Waals surface area contributed by atoms with E-state index in [-0.39, 0.29) is 17.4 Å². The van der Waals surface area contributed by atoms with Crippen molar-refractivity contribution in [2.45, 2.75) is 45.6 Å². The number of amides is 2. The van der Waals surface area contributed by atoms with Crippen molar-refractivity contribution >= 4 is 40.1 Å². The van der Waals surface area contributed by atoms with Gasteiger partial charge in [-0.15, -0.1) is 0 Å². The zero-order valence-electron chi connectivity index (χ0n) is 14.2. The summed E-state index contributed by atoms with van der Waals surface area (Å²) in [6, 6.07) is 0. The highest BCUT2D eigenvalue weighted by molar-refractivity contribution is 7.19. The third-order valence-corrected chi connectivity index (χ3v) is 5.72. The number of likely N-dealkylation sites (tertiary alicyclic amines) is 1. The number of carbonyl (C=O) groups excluding carboxylic acids is 2. The van der Waals surface area contributed by atoms with Gasteiger partial charge in [-0.05, 0) is 40.0 Å². The van der Waals surface area contributed by atoms with Gasteiger partial charge < -0.3 is 9.64 Å². The smallest absolute Gasteiger partial charge is 0.410 e. The van der Waals surface area contributed by atoms with E-state index >= 15 is 0 Å². The Morgan fingerprint density at radius 1 is 1.29 bits per heavy atom. The van der Waals surface area contributed by atoms with Crippen LogP contribution in [0.25, 0.3) is 0 Å². The van der Waals surface area contributed by atoms with Crippen molar-refractivity contribution in [2.75, 3.05) is 24.5 Å². The lowest BCUT2D eigenvalue weighted by atomic mass is 9.77. The molecule has 2 aliphatic rings. The molecule has 0 N–H and O–H groups in total. The van der Waals surface area contributed by atoms with Gasteiger partial charge in [-0.25, -0.2) is 9.78 Å². The summed E-state index contributed by atoms with van der Waals surface area (Å²) >= 11 is 7.25. The summed E-state index contributed by atoms with van der Waals surface area (Å²) in [5, 5.41) is 0.663. The van der Waals surface area contributed by atoms with Crippen molar-refractivity contribution in [1.82, 2.24) is 9.88 Å². The summed E-state index contributed by atoms with van der Waals surface area (Å²) in [4.78, 5) is 32.7. The SMILES string of the molecule is CC(C)(C)OC(=O)N1CCC2(CC1)CCN(c1ncc(Cl)s1)C2=O. The molecule has 1 aromatic heterocycles. The van der Waals surface area contributed by atoms with Crippen LogP contribution < -0.4 is 4.90 Å². The molecule has 3 heterocycles. The molecule has 3 rings (SSSR count). The maximum Gasteiger partial charge on any atom is 0.410 e. The number of hydrogen-bond acceptors (Lipinski definition) is 5. The van der Waals surface area contributed by atoms with E-state index in [2.05, 4.69) is 4.98 Å². The summed E-state index contributed by atoms with van der Waals surface area (Å²) < 4.78 is 6.00. The number of rotatable bonds is 1. The highest BCUT2D eigenvalue weighted by Crippen LogP contribution is 2.44. The van der Waals surface area contributed by atoms with Crippen LogP contribution >= 0.6 is 22.9 Å². The number of nitrogens with zero attached hydrogens (tertiary/aromatic N) is 3. The number of aromatic nitrogens is 1. The summed E-state index contributed by atoms with van der Waals surface area (Å²) in [5.41, 5.74) is -0.882. The van der Waals surface area contributed by atoms with Crippen LogP contribution in [0.2, 0.25) is 4.34 Å². The fourth-order valence-corrected chi connectivity index (χ4v) is 4.21. The van der Waals surface area contributed by atoms with Gasteiger partial charge in [-0.2, -0.15) is 0 Å². The Kier molecular flexibility index (Phi) is 4.51. The van der Waals surface area contributed by atoms with Crippen LogP contribution in [0.3, 0.4) is 0 Å². The van der Waals surface area contributed by atoms with Crippen molar-refractivity contribution in [3.8, 4) is 0 Å². The zero-order valence-corrected chi connectivity index (χ0v) is 15.7. The number of ether oxygens (including phenoxy) is 1. The Labute approximate surface area is 150 Å². The van der Waals surface area contributed by atoms with E-state index in [9.17, 15) is 9.59 Å². The van der Waals surface area contributed by atoms with Crippen LogP contribution in [-0.4, -0.2) is 47.1 Å². The molecule has 0 aromatic carbocycles. The first kappa shape index (κ1) is 17.5. The van der Waals surface area contributed by atoms with Gasteiger partial charge in [-0.3, -0.25) is 9.69 Å². The van der Waals surface area contributed by atoms with Crippen molar-refractivity contribution < 1.29 is 14.3 Å². The van der Waals surface area contributed by atoms with Gasteiger partial charge in [-0.1, -0.05) is 22.9 Å². The Hall–Kier alpha value is -1.34. The normalized spacial score (nSPS) is 20.8. The second-order valence-electron chi connectivity index (χ2n) is 7.40. The van der Waals surface area contributed by atoms with Crippen molar-refractivity contribution in [3.05, 3.63) is 10.5 Å². The molecule has 2 aliphatic heterocycles. The Bertz CT molecular complexity index is 647. The van der Waals surface area contributed by atoms with E-state index in [1.807, 2.05) is 20.8 Å². The van der Waals surface area contributed by atoms with Gasteiger partial charge in [0.05, 0.1) is 11.6 Å². The number of hydrogen-bond donors (Lipinski definition) is 0. The summed E-state index contributed by atoms with van der Waals surface area (Å²) in [5.74, 6) is 0.109. The highest BCUT2D eigenvalue weighted by atomic mass is 35.5. The lowest BCUT2D eigenvalue weighted by Gasteiger charge is -2.38. The third kappa shape index (κ3) is 3.37. The fourth-order valence-electron chi connectivity index (χ4n) is 3.28. The van der Waals surface area contributed by atoms with E-state index < -0.39 is 5.60 Å². The molecule has 2 saturated heterocycles. The zero-order chi connectivity index (χ0) is 17.5. The predicted molar refractivity (Wildman–Crippen MR) is 93.6 cm³/mol. The van der Waals surface area contributed by atoms with Crippen molar-refractivity contribution in [2.24, 2.45) is 5.41 Å². The minimum Gasteiger partial charge on any atom is -0.444 e. The molecule has 0 aliphatic carbocycles. The molecule has 132 valence electrons. The Morgan fingerprint density at radius 2 is 1.92 bits per heavy atom. The van der Waals surface area contributed by atoms with E-state index in [0.717, 1.165) is 6.42 Å². The van der Waals surface area contributed by atoms with Gasteiger partial charge >= 0.3 is 6.09 Å². The lowest BCUT2D eigenvalue weighted by molar-refractivity contribution is -0.128. The number of piperidine rings is 1. The number of carbonyl (C=O) groups is 2. The van der Waals surface area contributed by atoms with Crippen LogP contribution in [0.4, 0.5) is 9.93 Å². The quantitative estimate of drug-likeness (QED) is 0.757. The molecule has 1 aromatic rings. The minimum absolute atomic E-state index is 0.109. The molecule has 2 amide bonds. The molecule has 1 spiro atoms. The largest absolute Gasteiger partial charge is 0.444 e. The Morgan fingerprint density at radius 3 is 2.46 bits per heavy atom. The van der Waals surface area contributed by atoms with Gasteiger partial charge in [0, 0.05) is 19.6 Å². The average molecular weight is 372 g/mol. The number of anilines is 1. The molecule has 0 saturated carbocycles. The summed E-state index contributed by atoms with van der Waals surface area (Å²) in [7, 11) is 0. The van der Waals surface area contributed by atoms with Crippen LogP contribution in [0.1, 0.15) is 40.0 Å².